The minimum atomic E-state index is -0.384. The lowest BCUT2D eigenvalue weighted by atomic mass is 10.1. The van der Waals surface area contributed by atoms with Crippen LogP contribution in [0.5, 0.6) is 5.75 Å². The summed E-state index contributed by atoms with van der Waals surface area (Å²) in [5, 5.41) is 5.94. The number of pyridine rings is 1. The second-order valence-corrected chi connectivity index (χ2v) is 8.97. The number of carbonyl (C=O) groups excluding carboxylic acids is 3. The van der Waals surface area contributed by atoms with E-state index in [1.165, 1.54) is 6.20 Å². The normalized spacial score (nSPS) is 16.2. The van der Waals surface area contributed by atoms with E-state index in [2.05, 4.69) is 20.5 Å². The van der Waals surface area contributed by atoms with E-state index in [1.54, 1.807) is 36.1 Å². The number of anilines is 1. The Morgan fingerprint density at radius 3 is 2.39 bits per heavy atom. The van der Waals surface area contributed by atoms with Gasteiger partial charge in [-0.2, -0.15) is 0 Å². The molecule has 3 amide bonds. The smallest absolute Gasteiger partial charge is 0.339 e. The first-order valence-corrected chi connectivity index (χ1v) is 12.4. The third-order valence-electron chi connectivity index (χ3n) is 6.18. The van der Waals surface area contributed by atoms with E-state index >= 15 is 0 Å². The van der Waals surface area contributed by atoms with Crippen LogP contribution in [0.1, 0.15) is 48.7 Å². The molecule has 10 nitrogen and oxygen atoms in total. The summed E-state index contributed by atoms with van der Waals surface area (Å²) in [6.07, 6.45) is 3.61. The molecule has 2 N–H and O–H groups in total. The molecule has 0 radical (unpaired) electrons. The van der Waals surface area contributed by atoms with Crippen molar-refractivity contribution >= 4 is 23.7 Å². The molecule has 0 spiro atoms. The molecule has 36 heavy (non-hydrogen) atoms. The highest BCUT2D eigenvalue weighted by atomic mass is 16.5. The van der Waals surface area contributed by atoms with Gasteiger partial charge in [0.05, 0.1) is 18.2 Å². The number of carbonyl (C=O) groups is 3. The maximum absolute atomic E-state index is 12.8. The van der Waals surface area contributed by atoms with Gasteiger partial charge in [-0.05, 0) is 56.5 Å². The Bertz CT molecular complexity index is 1050. The average Bonchev–Trinajstić information content (AvgIpc) is 3.72. The molecule has 1 aromatic heterocycles. The summed E-state index contributed by atoms with van der Waals surface area (Å²) in [6.45, 7) is 6.44. The number of rotatable bonds is 9. The molecule has 2 heterocycles. The van der Waals surface area contributed by atoms with Crippen LogP contribution in [0, 0.1) is 0 Å². The Labute approximate surface area is 211 Å². The molecule has 10 heteroatoms. The summed E-state index contributed by atoms with van der Waals surface area (Å²) in [4.78, 5) is 44.6. The van der Waals surface area contributed by atoms with Gasteiger partial charge in [0.1, 0.15) is 11.6 Å². The predicted octanol–water partition coefficient (Wildman–Crippen LogP) is 2.51. The van der Waals surface area contributed by atoms with Crippen molar-refractivity contribution in [3.05, 3.63) is 53.7 Å². The van der Waals surface area contributed by atoms with Crippen molar-refractivity contribution in [2.24, 2.45) is 0 Å². The molecule has 4 rings (SSSR count). The third-order valence-corrected chi connectivity index (χ3v) is 6.18. The van der Waals surface area contributed by atoms with Gasteiger partial charge in [-0.3, -0.25) is 4.79 Å². The van der Waals surface area contributed by atoms with Gasteiger partial charge < -0.3 is 29.9 Å². The predicted molar refractivity (Wildman–Crippen MR) is 134 cm³/mol. The van der Waals surface area contributed by atoms with Gasteiger partial charge in [-0.15, -0.1) is 0 Å². The fourth-order valence-corrected chi connectivity index (χ4v) is 3.91. The van der Waals surface area contributed by atoms with Crippen LogP contribution in [0.25, 0.3) is 0 Å². The number of piperazine rings is 1. The molecule has 192 valence electrons. The van der Waals surface area contributed by atoms with Gasteiger partial charge >= 0.3 is 12.0 Å². The van der Waals surface area contributed by atoms with Crippen molar-refractivity contribution in [1.82, 2.24) is 20.5 Å². The first kappa shape index (κ1) is 25.3. The monoisotopic (exact) mass is 495 g/mol. The number of esters is 1. The van der Waals surface area contributed by atoms with Crippen LogP contribution in [0.4, 0.5) is 10.6 Å². The molecule has 1 aliphatic heterocycles. The number of hydrogen-bond donors (Lipinski definition) is 2. The summed E-state index contributed by atoms with van der Waals surface area (Å²) in [6, 6.07) is 10.9. The molecule has 1 unspecified atom stereocenters. The first-order valence-electron chi connectivity index (χ1n) is 12.4. The highest BCUT2D eigenvalue weighted by Gasteiger charge is 2.24. The van der Waals surface area contributed by atoms with Gasteiger partial charge in [0.15, 0.2) is 6.61 Å². The van der Waals surface area contributed by atoms with Crippen LogP contribution in [-0.2, 0) is 9.53 Å². The lowest BCUT2D eigenvalue weighted by Gasteiger charge is -2.36. The van der Waals surface area contributed by atoms with Gasteiger partial charge in [0, 0.05) is 38.4 Å². The van der Waals surface area contributed by atoms with Crippen LogP contribution in [0.2, 0.25) is 0 Å². The second kappa shape index (κ2) is 11.7. The Morgan fingerprint density at radius 1 is 1.06 bits per heavy atom. The van der Waals surface area contributed by atoms with Crippen molar-refractivity contribution in [3.8, 4) is 5.75 Å². The molecule has 2 fully saturated rings. The number of aromatic nitrogens is 1. The quantitative estimate of drug-likeness (QED) is 0.514. The molecule has 1 aliphatic carbocycles. The fourth-order valence-electron chi connectivity index (χ4n) is 3.91. The van der Waals surface area contributed by atoms with E-state index in [0.29, 0.717) is 50.1 Å². The average molecular weight is 496 g/mol. The first-order chi connectivity index (χ1) is 17.4. The van der Waals surface area contributed by atoms with E-state index in [9.17, 15) is 14.4 Å². The lowest BCUT2D eigenvalue weighted by molar-refractivity contribution is -0.123. The Kier molecular flexibility index (Phi) is 8.24. The van der Waals surface area contributed by atoms with Crippen LogP contribution in [0.15, 0.2) is 42.6 Å². The molecule has 1 saturated carbocycles. The Morgan fingerprint density at radius 2 is 1.78 bits per heavy atom. The van der Waals surface area contributed by atoms with Crippen LogP contribution in [0.3, 0.4) is 0 Å². The van der Waals surface area contributed by atoms with E-state index in [1.807, 2.05) is 19.1 Å². The van der Waals surface area contributed by atoms with Crippen molar-refractivity contribution < 1.29 is 23.9 Å². The summed E-state index contributed by atoms with van der Waals surface area (Å²) < 4.78 is 10.5. The Hall–Kier alpha value is -3.82. The molecule has 0 bridgehead atoms. The maximum Gasteiger partial charge on any atom is 0.339 e. The highest BCUT2D eigenvalue weighted by Crippen LogP contribution is 2.20. The SMILES string of the molecule is CCOC(=O)c1ccc(N2CCN(C(=O)NC(C)c3ccc(OCC(=O)NC4CC4)cc3)CC2)nc1. The number of nitrogens with one attached hydrogen (secondary N) is 2. The fraction of sp³-hybridized carbons (Fsp3) is 0.462. The van der Waals surface area contributed by atoms with E-state index in [4.69, 9.17) is 9.47 Å². The number of amides is 3. The largest absolute Gasteiger partial charge is 0.484 e. The lowest BCUT2D eigenvalue weighted by Crippen LogP contribution is -2.52. The minimum absolute atomic E-state index is 0.000819. The standard InChI is InChI=1S/C26H33N5O5/c1-3-35-25(33)20-6-11-23(27-16-20)30-12-14-31(15-13-30)26(34)28-18(2)19-4-9-22(10-5-19)36-17-24(32)29-21-7-8-21/h4-6,9-11,16,18,21H,3,7-8,12-15,17H2,1-2H3,(H,28,34)(H,29,32). The molecule has 2 aliphatic rings. The zero-order valence-corrected chi connectivity index (χ0v) is 20.7. The van der Waals surface area contributed by atoms with E-state index in [0.717, 1.165) is 24.2 Å². The number of nitrogens with zero attached hydrogens (tertiary/aromatic N) is 3. The molecular weight excluding hydrogens is 462 g/mol. The molecule has 1 atom stereocenters. The molecule has 1 aromatic carbocycles. The molecule has 1 saturated heterocycles. The number of benzene rings is 1. The topological polar surface area (TPSA) is 113 Å². The number of hydrogen-bond acceptors (Lipinski definition) is 7. The number of ether oxygens (including phenoxy) is 2. The summed E-state index contributed by atoms with van der Waals surface area (Å²) in [5.74, 6) is 0.893. The summed E-state index contributed by atoms with van der Waals surface area (Å²) in [5.41, 5.74) is 1.37. The van der Waals surface area contributed by atoms with Crippen LogP contribution < -0.4 is 20.3 Å². The van der Waals surface area contributed by atoms with Gasteiger partial charge in [-0.1, -0.05) is 12.1 Å². The van der Waals surface area contributed by atoms with E-state index in [-0.39, 0.29) is 30.6 Å². The summed E-state index contributed by atoms with van der Waals surface area (Å²) in [7, 11) is 0. The van der Waals surface area contributed by atoms with Crippen molar-refractivity contribution in [2.45, 2.75) is 38.8 Å². The van der Waals surface area contributed by atoms with Crippen molar-refractivity contribution in [2.75, 3.05) is 44.3 Å². The maximum atomic E-state index is 12.8. The minimum Gasteiger partial charge on any atom is -0.484 e. The van der Waals surface area contributed by atoms with Crippen molar-refractivity contribution in [1.29, 1.82) is 0 Å². The van der Waals surface area contributed by atoms with Gasteiger partial charge in [0.25, 0.3) is 5.91 Å². The van der Waals surface area contributed by atoms with Crippen molar-refractivity contribution in [3.63, 3.8) is 0 Å². The Balaban J connectivity index is 1.21. The van der Waals surface area contributed by atoms with E-state index < -0.39 is 0 Å². The third kappa shape index (κ3) is 6.87. The zero-order chi connectivity index (χ0) is 25.5. The summed E-state index contributed by atoms with van der Waals surface area (Å²) >= 11 is 0. The molecule has 2 aromatic rings. The highest BCUT2D eigenvalue weighted by molar-refractivity contribution is 5.89. The van der Waals surface area contributed by atoms with Crippen LogP contribution >= 0.6 is 0 Å². The zero-order valence-electron chi connectivity index (χ0n) is 20.7. The molecular formula is C26H33N5O5. The number of urea groups is 1. The van der Waals surface area contributed by atoms with Gasteiger partial charge in [-0.25, -0.2) is 14.6 Å². The van der Waals surface area contributed by atoms with Crippen LogP contribution in [-0.4, -0.2) is 73.2 Å². The second-order valence-electron chi connectivity index (χ2n) is 8.97. The van der Waals surface area contributed by atoms with Gasteiger partial charge in [0.2, 0.25) is 0 Å².